The molecule has 0 unspecified atom stereocenters. The lowest BCUT2D eigenvalue weighted by Gasteiger charge is -2.28. The molecule has 0 saturated carbocycles. The van der Waals surface area contributed by atoms with Gasteiger partial charge >= 0.3 is 6.18 Å². The average Bonchev–Trinajstić information content (AvgIpc) is 2.33. The molecule has 19 heavy (non-hydrogen) atoms. The molecule has 0 bridgehead atoms. The summed E-state index contributed by atoms with van der Waals surface area (Å²) in [6.45, 7) is 1.72. The minimum Gasteiger partial charge on any atom is -0.327 e. The van der Waals surface area contributed by atoms with Crippen molar-refractivity contribution in [3.05, 3.63) is 24.0 Å². The Balaban J connectivity index is 3.06. The molecule has 0 spiro atoms. The maximum atomic E-state index is 12.5. The van der Waals surface area contributed by atoms with E-state index in [1.165, 1.54) is 32.3 Å². The monoisotopic (exact) mass is 276 g/mol. The van der Waals surface area contributed by atoms with Crippen LogP contribution in [0.15, 0.2) is 18.5 Å². The van der Waals surface area contributed by atoms with Crippen molar-refractivity contribution in [3.8, 4) is 0 Å². The number of rotatable bonds is 4. The van der Waals surface area contributed by atoms with E-state index >= 15 is 0 Å². The molecule has 0 aliphatic carbocycles. The van der Waals surface area contributed by atoms with Crippen molar-refractivity contribution >= 4 is 11.6 Å². The van der Waals surface area contributed by atoms with Gasteiger partial charge in [-0.2, -0.15) is 13.2 Å². The number of nitrogens with two attached hydrogens (primary N) is 1. The van der Waals surface area contributed by atoms with Gasteiger partial charge in [-0.1, -0.05) is 0 Å². The Bertz CT molecular complexity index is 448. The highest BCUT2D eigenvalue weighted by molar-refractivity contribution is 5.99. The number of nitrogens with one attached hydrogen (secondary N) is 1. The summed E-state index contributed by atoms with van der Waals surface area (Å²) in [5.74, 6) is 4.46. The lowest BCUT2D eigenvalue weighted by atomic mass is 10.1. The van der Waals surface area contributed by atoms with Gasteiger partial charge in [0, 0.05) is 12.2 Å². The third-order valence-electron chi connectivity index (χ3n) is 2.44. The van der Waals surface area contributed by atoms with Gasteiger partial charge in [-0.3, -0.25) is 15.6 Å². The van der Waals surface area contributed by atoms with Gasteiger partial charge in [-0.05, 0) is 19.9 Å². The van der Waals surface area contributed by atoms with Crippen molar-refractivity contribution in [1.29, 1.82) is 0 Å². The number of amides is 1. The Morgan fingerprint density at radius 3 is 2.63 bits per heavy atom. The number of halogens is 3. The lowest BCUT2D eigenvalue weighted by Crippen LogP contribution is -2.43. The first-order valence-electron chi connectivity index (χ1n) is 5.54. The van der Waals surface area contributed by atoms with Gasteiger partial charge in [0.15, 0.2) is 0 Å². The fourth-order valence-electron chi connectivity index (χ4n) is 1.53. The number of aromatic nitrogens is 1. The Morgan fingerprint density at radius 1 is 1.53 bits per heavy atom. The molecule has 8 heteroatoms. The molecule has 0 saturated heterocycles. The van der Waals surface area contributed by atoms with Crippen molar-refractivity contribution in [2.75, 3.05) is 12.0 Å². The lowest BCUT2D eigenvalue weighted by molar-refractivity contribution is -0.143. The molecule has 1 amide bonds. The van der Waals surface area contributed by atoms with Crippen molar-refractivity contribution in [3.63, 3.8) is 0 Å². The zero-order valence-corrected chi connectivity index (χ0v) is 10.5. The zero-order valence-electron chi connectivity index (χ0n) is 10.5. The second-order valence-electron chi connectivity index (χ2n) is 4.21. The van der Waals surface area contributed by atoms with E-state index in [4.69, 9.17) is 5.84 Å². The van der Waals surface area contributed by atoms with Gasteiger partial charge in [0.1, 0.15) is 6.54 Å². The van der Waals surface area contributed by atoms with Gasteiger partial charge in [-0.25, -0.2) is 0 Å². The molecular formula is C11H15F3N4O. The molecule has 0 aromatic carbocycles. The minimum absolute atomic E-state index is 0.0513. The summed E-state index contributed by atoms with van der Waals surface area (Å²) in [5, 5.41) is 0. The van der Waals surface area contributed by atoms with Crippen LogP contribution in [-0.2, 0) is 0 Å². The normalized spacial score (nSPS) is 11.5. The van der Waals surface area contributed by atoms with Crippen LogP contribution in [0.4, 0.5) is 18.9 Å². The Morgan fingerprint density at radius 2 is 2.16 bits per heavy atom. The van der Waals surface area contributed by atoms with E-state index in [0.717, 1.165) is 4.90 Å². The van der Waals surface area contributed by atoms with E-state index < -0.39 is 24.7 Å². The second-order valence-corrected chi connectivity index (χ2v) is 4.21. The van der Waals surface area contributed by atoms with Crippen LogP contribution in [-0.4, -0.2) is 34.6 Å². The molecule has 1 aromatic rings. The van der Waals surface area contributed by atoms with E-state index in [2.05, 4.69) is 10.4 Å². The highest BCUT2D eigenvalue weighted by Gasteiger charge is 2.35. The van der Waals surface area contributed by atoms with E-state index in [1.807, 2.05) is 0 Å². The van der Waals surface area contributed by atoms with Gasteiger partial charge in [0.05, 0.1) is 17.4 Å². The van der Waals surface area contributed by atoms with Crippen molar-refractivity contribution in [1.82, 2.24) is 9.88 Å². The van der Waals surface area contributed by atoms with E-state index in [1.54, 1.807) is 0 Å². The SMILES string of the molecule is CC(C)N(CC(F)(F)F)C(=O)c1ccncc1NN. The fraction of sp³-hybridized carbons (Fsp3) is 0.455. The summed E-state index contributed by atoms with van der Waals surface area (Å²) in [6, 6.07) is 0.733. The van der Waals surface area contributed by atoms with Crippen molar-refractivity contribution < 1.29 is 18.0 Å². The molecule has 1 rings (SSSR count). The fourth-order valence-corrected chi connectivity index (χ4v) is 1.53. The van der Waals surface area contributed by atoms with Crippen molar-refractivity contribution in [2.45, 2.75) is 26.1 Å². The summed E-state index contributed by atoms with van der Waals surface area (Å²) >= 11 is 0. The highest BCUT2D eigenvalue weighted by Crippen LogP contribution is 2.22. The smallest absolute Gasteiger partial charge is 0.327 e. The standard InChI is InChI=1S/C11H15F3N4O/c1-7(2)18(6-11(12,13)14)10(19)8-3-4-16-5-9(8)17-15/h3-5,7,17H,6,15H2,1-2H3. The maximum absolute atomic E-state index is 12.5. The van der Waals surface area contributed by atoms with Gasteiger partial charge in [0.25, 0.3) is 5.91 Å². The number of carbonyl (C=O) groups excluding carboxylic acids is 1. The molecule has 1 aromatic heterocycles. The van der Waals surface area contributed by atoms with Crippen LogP contribution in [0.1, 0.15) is 24.2 Å². The molecule has 0 aliphatic heterocycles. The number of alkyl halides is 3. The molecule has 5 nitrogen and oxygen atoms in total. The Kier molecular flexibility index (Phi) is 4.71. The van der Waals surface area contributed by atoms with Crippen LogP contribution in [0.3, 0.4) is 0 Å². The number of nitrogen functional groups attached to an aromatic ring is 1. The highest BCUT2D eigenvalue weighted by atomic mass is 19.4. The van der Waals surface area contributed by atoms with E-state index in [9.17, 15) is 18.0 Å². The predicted octanol–water partition coefficient (Wildman–Crippen LogP) is 1.78. The van der Waals surface area contributed by atoms with Crippen LogP contribution in [0.25, 0.3) is 0 Å². The quantitative estimate of drug-likeness (QED) is 0.649. The van der Waals surface area contributed by atoms with Gasteiger partial charge in [0.2, 0.25) is 0 Å². The summed E-state index contributed by atoms with van der Waals surface area (Å²) in [5.41, 5.74) is 2.47. The number of hydrazine groups is 1. The van der Waals surface area contributed by atoms with Crippen LogP contribution < -0.4 is 11.3 Å². The minimum atomic E-state index is -4.46. The van der Waals surface area contributed by atoms with Crippen LogP contribution in [0.2, 0.25) is 0 Å². The van der Waals surface area contributed by atoms with Gasteiger partial charge in [-0.15, -0.1) is 0 Å². The Labute approximate surface area is 108 Å². The number of anilines is 1. The predicted molar refractivity (Wildman–Crippen MR) is 64.3 cm³/mol. The third-order valence-corrected chi connectivity index (χ3v) is 2.44. The number of carbonyl (C=O) groups is 1. The summed E-state index contributed by atoms with van der Waals surface area (Å²) in [6.07, 6.45) is -1.86. The van der Waals surface area contributed by atoms with Crippen LogP contribution in [0, 0.1) is 0 Å². The van der Waals surface area contributed by atoms with Crippen molar-refractivity contribution in [2.24, 2.45) is 5.84 Å². The first-order valence-corrected chi connectivity index (χ1v) is 5.54. The second kappa shape index (κ2) is 5.87. The summed E-state index contributed by atoms with van der Waals surface area (Å²) in [4.78, 5) is 16.6. The number of pyridine rings is 1. The molecule has 3 N–H and O–H groups in total. The van der Waals surface area contributed by atoms with Crippen LogP contribution >= 0.6 is 0 Å². The maximum Gasteiger partial charge on any atom is 0.406 e. The van der Waals surface area contributed by atoms with E-state index in [0.29, 0.717) is 0 Å². The average molecular weight is 276 g/mol. The molecule has 0 atom stereocenters. The molecule has 106 valence electrons. The first kappa shape index (κ1) is 15.2. The largest absolute Gasteiger partial charge is 0.406 e. The van der Waals surface area contributed by atoms with E-state index in [-0.39, 0.29) is 11.3 Å². The van der Waals surface area contributed by atoms with Gasteiger partial charge < -0.3 is 10.3 Å². The zero-order chi connectivity index (χ0) is 14.6. The molecule has 0 aliphatic rings. The number of nitrogens with zero attached hydrogens (tertiary/aromatic N) is 2. The summed E-state index contributed by atoms with van der Waals surface area (Å²) < 4.78 is 37.4. The molecule has 0 fully saturated rings. The molecule has 1 heterocycles. The number of hydrogen-bond acceptors (Lipinski definition) is 4. The number of hydrogen-bond donors (Lipinski definition) is 2. The summed E-state index contributed by atoms with van der Waals surface area (Å²) in [7, 11) is 0. The molecule has 0 radical (unpaired) electrons. The topological polar surface area (TPSA) is 71.2 Å². The molecular weight excluding hydrogens is 261 g/mol. The Hall–Kier alpha value is -1.83. The third kappa shape index (κ3) is 4.09. The first-order chi connectivity index (χ1) is 8.76. The van der Waals surface area contributed by atoms with Crippen LogP contribution in [0.5, 0.6) is 0 Å².